The van der Waals surface area contributed by atoms with Crippen LogP contribution in [0.5, 0.6) is 5.75 Å². The molecule has 0 unspecified atom stereocenters. The van der Waals surface area contributed by atoms with Crippen LogP contribution < -0.4 is 10.1 Å². The van der Waals surface area contributed by atoms with Crippen LogP contribution in [0.1, 0.15) is 27.8 Å². The van der Waals surface area contributed by atoms with Crippen LogP contribution in [0, 0.1) is 32.1 Å². The van der Waals surface area contributed by atoms with Gasteiger partial charge in [0.15, 0.2) is 0 Å². The van der Waals surface area contributed by atoms with Crippen molar-refractivity contribution < 1.29 is 9.53 Å². The number of benzene rings is 3. The zero-order valence-electron chi connectivity index (χ0n) is 18.0. The van der Waals surface area contributed by atoms with Gasteiger partial charge in [-0.2, -0.15) is 5.26 Å². The van der Waals surface area contributed by atoms with Crippen molar-refractivity contribution in [3.63, 3.8) is 0 Å². The molecule has 0 aliphatic rings. The van der Waals surface area contributed by atoms with Crippen LogP contribution in [0.25, 0.3) is 6.08 Å². The molecule has 0 fully saturated rings. The topological polar surface area (TPSA) is 62.1 Å². The molecule has 0 aromatic heterocycles. The number of aryl methyl sites for hydroxylation is 2. The summed E-state index contributed by atoms with van der Waals surface area (Å²) in [6, 6.07) is 18.4. The van der Waals surface area contributed by atoms with Crippen molar-refractivity contribution in [1.29, 1.82) is 5.26 Å². The average Bonchev–Trinajstić information content (AvgIpc) is 2.76. The van der Waals surface area contributed by atoms with Crippen molar-refractivity contribution in [1.82, 2.24) is 0 Å². The second-order valence-electron chi connectivity index (χ2n) is 7.43. The van der Waals surface area contributed by atoms with E-state index in [-0.39, 0.29) is 5.57 Å². The number of carbonyl (C=O) groups is 1. The molecule has 0 radical (unpaired) electrons. The molecule has 6 heteroatoms. The van der Waals surface area contributed by atoms with E-state index in [4.69, 9.17) is 27.9 Å². The van der Waals surface area contributed by atoms with Crippen LogP contribution in [-0.2, 0) is 11.4 Å². The molecule has 3 aromatic carbocycles. The molecule has 162 valence electrons. The first-order chi connectivity index (χ1) is 15.3. The minimum atomic E-state index is -0.544. The van der Waals surface area contributed by atoms with Gasteiger partial charge in [-0.05, 0) is 79.4 Å². The summed E-state index contributed by atoms with van der Waals surface area (Å²) < 4.78 is 5.99. The molecule has 0 aliphatic heterocycles. The van der Waals surface area contributed by atoms with Crippen LogP contribution in [0.15, 0.2) is 60.2 Å². The zero-order chi connectivity index (χ0) is 23.3. The van der Waals surface area contributed by atoms with E-state index in [0.717, 1.165) is 11.1 Å². The number of hydrogen-bond acceptors (Lipinski definition) is 3. The standard InChI is InChI=1S/C26H22Cl2N2O2/c1-16-7-8-19(11-17(16)2)15-32-25-10-9-22(27)13-20(25)12-21(14-29)26(31)30-24-6-4-5-23(28)18(24)3/h4-13H,15H2,1-3H3,(H,30,31)/b21-12+. The van der Waals surface area contributed by atoms with Crippen molar-refractivity contribution in [3.05, 3.63) is 98.0 Å². The smallest absolute Gasteiger partial charge is 0.266 e. The highest BCUT2D eigenvalue weighted by Crippen LogP contribution is 2.28. The Labute approximate surface area is 198 Å². The van der Waals surface area contributed by atoms with Gasteiger partial charge in [-0.3, -0.25) is 4.79 Å². The van der Waals surface area contributed by atoms with Crippen LogP contribution in [0.3, 0.4) is 0 Å². The van der Waals surface area contributed by atoms with Gasteiger partial charge in [0.2, 0.25) is 0 Å². The van der Waals surface area contributed by atoms with Gasteiger partial charge in [0.1, 0.15) is 24.0 Å². The third-order valence-corrected chi connectivity index (χ3v) is 5.76. The van der Waals surface area contributed by atoms with Crippen molar-refractivity contribution in [2.75, 3.05) is 5.32 Å². The maximum Gasteiger partial charge on any atom is 0.266 e. The first-order valence-electron chi connectivity index (χ1n) is 9.95. The van der Waals surface area contributed by atoms with Crippen LogP contribution in [-0.4, -0.2) is 5.91 Å². The molecule has 1 amide bonds. The van der Waals surface area contributed by atoms with Crippen LogP contribution in [0.4, 0.5) is 5.69 Å². The second kappa shape index (κ2) is 10.4. The number of ether oxygens (including phenoxy) is 1. The fraction of sp³-hybridized carbons (Fsp3) is 0.154. The summed E-state index contributed by atoms with van der Waals surface area (Å²) in [6.07, 6.45) is 1.47. The van der Waals surface area contributed by atoms with Gasteiger partial charge in [-0.1, -0.05) is 47.5 Å². The van der Waals surface area contributed by atoms with Crippen molar-refractivity contribution in [2.45, 2.75) is 27.4 Å². The first kappa shape index (κ1) is 23.4. The highest BCUT2D eigenvalue weighted by molar-refractivity contribution is 6.32. The molecule has 3 rings (SSSR count). The summed E-state index contributed by atoms with van der Waals surface area (Å²) in [7, 11) is 0. The normalized spacial score (nSPS) is 11.1. The predicted molar refractivity (Wildman–Crippen MR) is 130 cm³/mol. The van der Waals surface area contributed by atoms with E-state index in [9.17, 15) is 10.1 Å². The Morgan fingerprint density at radius 1 is 1.06 bits per heavy atom. The molecular formula is C26H22Cl2N2O2. The van der Waals surface area contributed by atoms with Crippen LogP contribution in [0.2, 0.25) is 10.0 Å². The molecule has 0 atom stereocenters. The molecule has 0 spiro atoms. The molecule has 0 aliphatic carbocycles. The molecule has 1 N–H and O–H groups in total. The number of nitrogens with one attached hydrogen (secondary N) is 1. The monoisotopic (exact) mass is 464 g/mol. The van der Waals surface area contributed by atoms with E-state index in [1.807, 2.05) is 18.2 Å². The third-order valence-electron chi connectivity index (χ3n) is 5.12. The summed E-state index contributed by atoms with van der Waals surface area (Å²) >= 11 is 12.3. The minimum Gasteiger partial charge on any atom is -0.488 e. The van der Waals surface area contributed by atoms with Gasteiger partial charge in [-0.15, -0.1) is 0 Å². The summed E-state index contributed by atoms with van der Waals surface area (Å²) in [4.78, 5) is 12.7. The SMILES string of the molecule is Cc1ccc(COc2ccc(Cl)cc2/C=C(\C#N)C(=O)Nc2cccc(Cl)c2C)cc1C. The number of carbonyl (C=O) groups excluding carboxylic acids is 1. The Morgan fingerprint density at radius 2 is 1.84 bits per heavy atom. The second-order valence-corrected chi connectivity index (χ2v) is 8.27. The lowest BCUT2D eigenvalue weighted by Crippen LogP contribution is -2.14. The van der Waals surface area contributed by atoms with Gasteiger partial charge in [0, 0.05) is 21.3 Å². The Kier molecular flexibility index (Phi) is 7.58. The maximum atomic E-state index is 12.7. The third kappa shape index (κ3) is 5.70. The van der Waals surface area contributed by atoms with Gasteiger partial charge in [0.25, 0.3) is 5.91 Å². The Bertz CT molecular complexity index is 1240. The van der Waals surface area contributed by atoms with Crippen molar-refractivity contribution in [2.24, 2.45) is 0 Å². The van der Waals surface area contributed by atoms with Crippen molar-refractivity contribution in [3.8, 4) is 11.8 Å². The van der Waals surface area contributed by atoms with E-state index < -0.39 is 5.91 Å². The fourth-order valence-corrected chi connectivity index (χ4v) is 3.41. The number of nitriles is 1. The number of nitrogens with zero attached hydrogens (tertiary/aromatic N) is 1. The number of rotatable bonds is 6. The van der Waals surface area contributed by atoms with E-state index in [1.165, 1.54) is 17.2 Å². The Balaban J connectivity index is 1.85. The number of anilines is 1. The summed E-state index contributed by atoms with van der Waals surface area (Å²) in [5.41, 5.74) is 5.14. The molecule has 0 saturated heterocycles. The lowest BCUT2D eigenvalue weighted by atomic mass is 10.1. The van der Waals surface area contributed by atoms with Gasteiger partial charge < -0.3 is 10.1 Å². The predicted octanol–water partition coefficient (Wildman–Crippen LogP) is 7.04. The maximum absolute atomic E-state index is 12.7. The Hall–Kier alpha value is -3.26. The van der Waals surface area contributed by atoms with E-state index >= 15 is 0 Å². The largest absolute Gasteiger partial charge is 0.488 e. The zero-order valence-corrected chi connectivity index (χ0v) is 19.5. The van der Waals surface area contributed by atoms with E-state index in [1.54, 1.807) is 43.3 Å². The molecule has 4 nitrogen and oxygen atoms in total. The molecule has 32 heavy (non-hydrogen) atoms. The summed E-state index contributed by atoms with van der Waals surface area (Å²) in [5.74, 6) is -0.0231. The molecular weight excluding hydrogens is 443 g/mol. The summed E-state index contributed by atoms with van der Waals surface area (Å²) in [5, 5.41) is 13.3. The molecule has 3 aromatic rings. The number of hydrogen-bond donors (Lipinski definition) is 1. The highest BCUT2D eigenvalue weighted by Gasteiger charge is 2.14. The number of amides is 1. The fourth-order valence-electron chi connectivity index (χ4n) is 3.05. The van der Waals surface area contributed by atoms with E-state index in [2.05, 4.69) is 25.2 Å². The van der Waals surface area contributed by atoms with Crippen molar-refractivity contribution >= 4 is 40.9 Å². The molecule has 0 bridgehead atoms. The van der Waals surface area contributed by atoms with Crippen LogP contribution >= 0.6 is 23.2 Å². The average molecular weight is 465 g/mol. The minimum absolute atomic E-state index is 0.0809. The quantitative estimate of drug-likeness (QED) is 0.314. The lowest BCUT2D eigenvalue weighted by molar-refractivity contribution is -0.112. The van der Waals surface area contributed by atoms with Gasteiger partial charge in [-0.25, -0.2) is 0 Å². The first-order valence-corrected chi connectivity index (χ1v) is 10.7. The molecule has 0 saturated carbocycles. The molecule has 0 heterocycles. The Morgan fingerprint density at radius 3 is 2.56 bits per heavy atom. The highest BCUT2D eigenvalue weighted by atomic mass is 35.5. The van der Waals surface area contributed by atoms with E-state index in [0.29, 0.717) is 33.7 Å². The number of halogens is 2. The lowest BCUT2D eigenvalue weighted by Gasteiger charge is -2.12. The van der Waals surface area contributed by atoms with Gasteiger partial charge in [0.05, 0.1) is 0 Å². The summed E-state index contributed by atoms with van der Waals surface area (Å²) in [6.45, 7) is 6.25. The van der Waals surface area contributed by atoms with Gasteiger partial charge >= 0.3 is 0 Å².